The third-order valence-corrected chi connectivity index (χ3v) is 8.05. The van der Waals surface area contributed by atoms with Crippen molar-refractivity contribution in [2.24, 2.45) is 0 Å². The summed E-state index contributed by atoms with van der Waals surface area (Å²) in [6.07, 6.45) is 9.32. The lowest BCUT2D eigenvalue weighted by atomic mass is 10.0. The van der Waals surface area contributed by atoms with Crippen LogP contribution in [-0.4, -0.2) is 56.7 Å². The smallest absolute Gasteiger partial charge is 0.229 e. The van der Waals surface area contributed by atoms with Crippen LogP contribution >= 0.6 is 0 Å². The number of nitrogens with zero attached hydrogens (tertiary/aromatic N) is 5. The number of benzene rings is 1. The van der Waals surface area contributed by atoms with Crippen molar-refractivity contribution in [2.75, 3.05) is 36.5 Å². The van der Waals surface area contributed by atoms with E-state index in [0.29, 0.717) is 66.2 Å². The number of phenols is 1. The summed E-state index contributed by atoms with van der Waals surface area (Å²) in [6, 6.07) is 8.39. The first-order valence-electron chi connectivity index (χ1n) is 14.2. The predicted molar refractivity (Wildman–Crippen MR) is 159 cm³/mol. The molecule has 11 heteroatoms. The summed E-state index contributed by atoms with van der Waals surface area (Å²) in [5.41, 5.74) is 3.29. The molecule has 0 amide bonds. The predicted octanol–water partition coefficient (Wildman–Crippen LogP) is 5.20. The molecule has 1 saturated heterocycles. The van der Waals surface area contributed by atoms with Crippen molar-refractivity contribution in [3.05, 3.63) is 64.8 Å². The number of nitrogens with one attached hydrogen (secondary N) is 1. The van der Waals surface area contributed by atoms with Crippen LogP contribution in [0.2, 0.25) is 0 Å². The maximum absolute atomic E-state index is 13.1. The summed E-state index contributed by atoms with van der Waals surface area (Å²) in [7, 11) is 0. The number of hydrogen-bond donors (Lipinski definition) is 2. The second-order valence-electron chi connectivity index (χ2n) is 10.9. The molecular weight excluding hydrogens is 536 g/mol. The maximum atomic E-state index is 13.1. The number of rotatable bonds is 6. The van der Waals surface area contributed by atoms with Gasteiger partial charge in [-0.3, -0.25) is 14.6 Å². The van der Waals surface area contributed by atoms with Gasteiger partial charge >= 0.3 is 0 Å². The number of pyridine rings is 1. The maximum Gasteiger partial charge on any atom is 0.229 e. The lowest BCUT2D eigenvalue weighted by Crippen LogP contribution is -2.36. The SMILES string of the molecule is CC(=O)c1cc2cnc(Nc3cncc(-c4cc(O)cc5c(=O)cc(N6CCOCC6)oc45)c3)nc2n1C1CCCC1. The summed E-state index contributed by atoms with van der Waals surface area (Å²) < 4.78 is 13.8. The van der Waals surface area contributed by atoms with E-state index in [-0.39, 0.29) is 28.4 Å². The molecule has 1 aliphatic carbocycles. The Morgan fingerprint density at radius 1 is 1.05 bits per heavy atom. The average molecular weight is 567 g/mol. The molecule has 42 heavy (non-hydrogen) atoms. The Morgan fingerprint density at radius 2 is 1.86 bits per heavy atom. The zero-order chi connectivity index (χ0) is 28.8. The fourth-order valence-electron chi connectivity index (χ4n) is 6.04. The van der Waals surface area contributed by atoms with E-state index in [9.17, 15) is 14.7 Å². The monoisotopic (exact) mass is 566 g/mol. The van der Waals surface area contributed by atoms with E-state index in [0.717, 1.165) is 36.7 Å². The second-order valence-corrected chi connectivity index (χ2v) is 10.9. The first-order chi connectivity index (χ1) is 20.4. The topological polar surface area (TPSA) is 136 Å². The van der Waals surface area contributed by atoms with Gasteiger partial charge in [-0.2, -0.15) is 4.98 Å². The molecule has 0 bridgehead atoms. The second kappa shape index (κ2) is 10.6. The Labute approximate surface area is 240 Å². The van der Waals surface area contributed by atoms with Gasteiger partial charge in [0.15, 0.2) is 17.1 Å². The standard InChI is InChI=1S/C31H30N6O5/c1-18(38)26-11-20-16-33-31(35-30(20)37(26)22-4-2-3-5-22)34-21-10-19(15-32-17-21)24-12-23(39)13-25-27(40)14-28(42-29(24)25)36-6-8-41-9-7-36/h10-17,22,39H,2-9H2,1H3,(H,33,34,35). The molecule has 2 fully saturated rings. The van der Waals surface area contributed by atoms with Crippen molar-refractivity contribution in [1.82, 2.24) is 19.5 Å². The molecule has 0 unspecified atom stereocenters. The van der Waals surface area contributed by atoms with Crippen molar-refractivity contribution < 1.29 is 19.1 Å². The summed E-state index contributed by atoms with van der Waals surface area (Å²) in [4.78, 5) is 41.2. The zero-order valence-corrected chi connectivity index (χ0v) is 23.2. The van der Waals surface area contributed by atoms with Crippen molar-refractivity contribution in [3.63, 3.8) is 0 Å². The number of phenolic OH excluding ortho intramolecular Hbond substituents is 1. The van der Waals surface area contributed by atoms with Gasteiger partial charge in [-0.15, -0.1) is 0 Å². The van der Waals surface area contributed by atoms with Crippen LogP contribution in [0.4, 0.5) is 17.5 Å². The highest BCUT2D eigenvalue weighted by molar-refractivity contribution is 5.98. The number of anilines is 3. The molecule has 5 aromatic rings. The van der Waals surface area contributed by atoms with Gasteiger partial charge in [-0.1, -0.05) is 12.8 Å². The number of Topliss-reactive ketones (excluding diaryl/α,β-unsaturated/α-hetero) is 1. The van der Waals surface area contributed by atoms with E-state index in [2.05, 4.69) is 19.9 Å². The third-order valence-electron chi connectivity index (χ3n) is 8.05. The normalized spacial score (nSPS) is 16.0. The van der Waals surface area contributed by atoms with E-state index in [4.69, 9.17) is 14.1 Å². The average Bonchev–Trinajstić information content (AvgIpc) is 3.66. The zero-order valence-electron chi connectivity index (χ0n) is 23.2. The number of fused-ring (bicyclic) bond motifs is 2. The van der Waals surface area contributed by atoms with Crippen molar-refractivity contribution >= 4 is 45.3 Å². The highest BCUT2D eigenvalue weighted by Gasteiger charge is 2.25. The molecule has 7 rings (SSSR count). The summed E-state index contributed by atoms with van der Waals surface area (Å²) in [6.45, 7) is 3.92. The van der Waals surface area contributed by atoms with Crippen molar-refractivity contribution in [3.8, 4) is 16.9 Å². The molecule has 0 spiro atoms. The number of morpholine rings is 1. The van der Waals surface area contributed by atoms with Crippen LogP contribution in [0.1, 0.15) is 49.1 Å². The summed E-state index contributed by atoms with van der Waals surface area (Å²) >= 11 is 0. The molecule has 0 atom stereocenters. The molecule has 2 N–H and O–H groups in total. The number of ether oxygens (including phenoxy) is 1. The molecule has 5 heterocycles. The summed E-state index contributed by atoms with van der Waals surface area (Å²) in [5, 5.41) is 14.8. The Hall–Kier alpha value is -4.77. The van der Waals surface area contributed by atoms with Crippen molar-refractivity contribution in [2.45, 2.75) is 38.6 Å². The largest absolute Gasteiger partial charge is 0.508 e. The van der Waals surface area contributed by atoms with Crippen LogP contribution in [0, 0.1) is 0 Å². The van der Waals surface area contributed by atoms with E-state index < -0.39 is 0 Å². The fraction of sp³-hybridized carbons (Fsp3) is 0.323. The van der Waals surface area contributed by atoms with Gasteiger partial charge in [-0.25, -0.2) is 4.98 Å². The molecule has 4 aromatic heterocycles. The number of carbonyl (C=O) groups is 1. The molecule has 0 radical (unpaired) electrons. The molecule has 1 aromatic carbocycles. The Bertz CT molecular complexity index is 1880. The van der Waals surface area contributed by atoms with Crippen LogP contribution in [0.3, 0.4) is 0 Å². The third kappa shape index (κ3) is 4.75. The van der Waals surface area contributed by atoms with Crippen LogP contribution in [0.15, 0.2) is 58.1 Å². The van der Waals surface area contributed by atoms with Crippen LogP contribution in [0.5, 0.6) is 5.75 Å². The van der Waals surface area contributed by atoms with Gasteiger partial charge < -0.3 is 29.0 Å². The van der Waals surface area contributed by atoms with Crippen LogP contribution in [0.25, 0.3) is 33.1 Å². The molecular formula is C31H30N6O5. The van der Waals surface area contributed by atoms with E-state index in [1.54, 1.807) is 31.6 Å². The lowest BCUT2D eigenvalue weighted by molar-refractivity contribution is 0.100. The number of ketones is 1. The number of aromatic hydroxyl groups is 1. The van der Waals surface area contributed by atoms with Gasteiger partial charge in [0.05, 0.1) is 36.2 Å². The number of hydrogen-bond acceptors (Lipinski definition) is 10. The van der Waals surface area contributed by atoms with E-state index >= 15 is 0 Å². The van der Waals surface area contributed by atoms with E-state index in [1.165, 1.54) is 12.1 Å². The van der Waals surface area contributed by atoms with Gasteiger partial charge in [0.2, 0.25) is 5.95 Å². The fourth-order valence-corrected chi connectivity index (χ4v) is 6.04. The van der Waals surface area contributed by atoms with Gasteiger partial charge in [-0.05, 0) is 37.1 Å². The highest BCUT2D eigenvalue weighted by atomic mass is 16.5. The highest BCUT2D eigenvalue weighted by Crippen LogP contribution is 2.36. The van der Waals surface area contributed by atoms with Crippen molar-refractivity contribution in [1.29, 1.82) is 0 Å². The minimum absolute atomic E-state index is 0.00748. The van der Waals surface area contributed by atoms with Gasteiger partial charge in [0, 0.05) is 61.0 Å². The Kier molecular flexibility index (Phi) is 6.58. The van der Waals surface area contributed by atoms with Crippen LogP contribution < -0.4 is 15.6 Å². The Morgan fingerprint density at radius 3 is 2.64 bits per heavy atom. The van der Waals surface area contributed by atoms with Crippen LogP contribution in [-0.2, 0) is 4.74 Å². The van der Waals surface area contributed by atoms with E-state index in [1.807, 2.05) is 17.0 Å². The number of carbonyl (C=O) groups excluding carboxylic acids is 1. The molecule has 214 valence electrons. The van der Waals surface area contributed by atoms with Gasteiger partial charge in [0.25, 0.3) is 0 Å². The first-order valence-corrected chi connectivity index (χ1v) is 14.2. The molecule has 11 nitrogen and oxygen atoms in total. The molecule has 1 saturated carbocycles. The summed E-state index contributed by atoms with van der Waals surface area (Å²) in [5.74, 6) is 0.788. The lowest BCUT2D eigenvalue weighted by Gasteiger charge is -2.27. The minimum Gasteiger partial charge on any atom is -0.508 e. The molecule has 1 aliphatic heterocycles. The quantitative estimate of drug-likeness (QED) is 0.264. The first kappa shape index (κ1) is 26.1. The van der Waals surface area contributed by atoms with Gasteiger partial charge in [0.1, 0.15) is 17.0 Å². The minimum atomic E-state index is -0.242. The molecule has 2 aliphatic rings. The number of aromatic nitrogens is 4. The Balaban J connectivity index is 1.27.